The third-order valence-electron chi connectivity index (χ3n) is 2.94. The molecule has 2 aromatic rings. The summed E-state index contributed by atoms with van der Waals surface area (Å²) in [6.45, 7) is 3.27. The van der Waals surface area contributed by atoms with Crippen molar-refractivity contribution in [2.45, 2.75) is 25.3 Å². The minimum absolute atomic E-state index is 0.0388. The summed E-state index contributed by atoms with van der Waals surface area (Å²) in [7, 11) is -3.68. The number of aryl methyl sites for hydroxylation is 2. The van der Waals surface area contributed by atoms with Gasteiger partial charge in [-0.15, -0.1) is 0 Å². The number of sulfonamides is 1. The maximum absolute atomic E-state index is 12.2. The van der Waals surface area contributed by atoms with Crippen LogP contribution in [0.2, 0.25) is 0 Å². The topological polar surface area (TPSA) is 118 Å². The van der Waals surface area contributed by atoms with Crippen LogP contribution in [0, 0.1) is 24.0 Å². The largest absolute Gasteiger partial charge is 0.281 e. The molecular formula is C12H14N4O4S. The molecule has 0 aliphatic carbocycles. The van der Waals surface area contributed by atoms with E-state index in [1.54, 1.807) is 13.8 Å². The number of aromatic nitrogens is 2. The Labute approximate surface area is 121 Å². The van der Waals surface area contributed by atoms with Gasteiger partial charge < -0.3 is 0 Å². The Morgan fingerprint density at radius 3 is 2.38 bits per heavy atom. The van der Waals surface area contributed by atoms with E-state index < -0.39 is 14.9 Å². The van der Waals surface area contributed by atoms with Crippen LogP contribution >= 0.6 is 0 Å². The molecule has 0 aliphatic rings. The monoisotopic (exact) mass is 310 g/mol. The van der Waals surface area contributed by atoms with Crippen molar-refractivity contribution >= 4 is 15.7 Å². The number of non-ortho nitro benzene ring substituents is 1. The van der Waals surface area contributed by atoms with Crippen molar-refractivity contribution in [2.75, 3.05) is 0 Å². The zero-order chi connectivity index (χ0) is 15.6. The predicted molar refractivity (Wildman–Crippen MR) is 75.2 cm³/mol. The van der Waals surface area contributed by atoms with Gasteiger partial charge in [-0.2, -0.15) is 5.10 Å². The zero-order valence-electron chi connectivity index (χ0n) is 11.5. The Morgan fingerprint density at radius 1 is 1.29 bits per heavy atom. The number of hydrogen-bond acceptors (Lipinski definition) is 5. The normalized spacial score (nSPS) is 11.5. The summed E-state index contributed by atoms with van der Waals surface area (Å²) in [6.07, 6.45) is 0. The fourth-order valence-electron chi connectivity index (χ4n) is 1.92. The molecule has 0 saturated heterocycles. The van der Waals surface area contributed by atoms with E-state index >= 15 is 0 Å². The molecule has 0 spiro atoms. The number of nitro benzene ring substituents is 1. The lowest BCUT2D eigenvalue weighted by atomic mass is 10.2. The number of aromatic amines is 1. The van der Waals surface area contributed by atoms with Crippen molar-refractivity contribution in [2.24, 2.45) is 0 Å². The number of hydrogen-bond donors (Lipinski definition) is 2. The number of nitrogens with one attached hydrogen (secondary N) is 2. The molecule has 0 bridgehead atoms. The van der Waals surface area contributed by atoms with Crippen LogP contribution in [0.15, 0.2) is 29.2 Å². The second kappa shape index (κ2) is 5.62. The lowest BCUT2D eigenvalue weighted by molar-refractivity contribution is -0.384. The highest BCUT2D eigenvalue weighted by Crippen LogP contribution is 2.17. The molecule has 0 fully saturated rings. The average Bonchev–Trinajstić information content (AvgIpc) is 2.77. The van der Waals surface area contributed by atoms with Crippen LogP contribution in [0.3, 0.4) is 0 Å². The first-order chi connectivity index (χ1) is 9.81. The maximum atomic E-state index is 12.2. The first-order valence-electron chi connectivity index (χ1n) is 6.06. The van der Waals surface area contributed by atoms with Gasteiger partial charge in [-0.1, -0.05) is 12.1 Å². The summed E-state index contributed by atoms with van der Waals surface area (Å²) < 4.78 is 26.9. The van der Waals surface area contributed by atoms with Crippen LogP contribution in [-0.2, 0) is 16.6 Å². The molecular weight excluding hydrogens is 296 g/mol. The molecule has 21 heavy (non-hydrogen) atoms. The number of rotatable bonds is 5. The van der Waals surface area contributed by atoms with Gasteiger partial charge in [0.1, 0.15) is 4.90 Å². The highest BCUT2D eigenvalue weighted by atomic mass is 32.2. The van der Waals surface area contributed by atoms with Gasteiger partial charge in [-0.25, -0.2) is 13.1 Å². The van der Waals surface area contributed by atoms with E-state index in [2.05, 4.69) is 14.9 Å². The molecule has 1 aromatic heterocycles. The van der Waals surface area contributed by atoms with Crippen LogP contribution in [0.4, 0.5) is 5.69 Å². The molecule has 0 radical (unpaired) electrons. The molecule has 8 nitrogen and oxygen atoms in total. The van der Waals surface area contributed by atoms with E-state index in [-0.39, 0.29) is 17.1 Å². The fourth-order valence-corrected chi connectivity index (χ4v) is 3.31. The van der Waals surface area contributed by atoms with Crippen LogP contribution in [0.1, 0.15) is 17.0 Å². The van der Waals surface area contributed by atoms with E-state index in [1.807, 2.05) is 0 Å². The van der Waals surface area contributed by atoms with Gasteiger partial charge in [-0.05, 0) is 19.4 Å². The van der Waals surface area contributed by atoms with Crippen LogP contribution in [0.25, 0.3) is 0 Å². The van der Waals surface area contributed by atoms with Gasteiger partial charge in [0.25, 0.3) is 5.69 Å². The Hall–Kier alpha value is -2.26. The summed E-state index contributed by atoms with van der Waals surface area (Å²) in [4.78, 5) is 10.2. The second-order valence-corrected chi connectivity index (χ2v) is 6.22. The van der Waals surface area contributed by atoms with Gasteiger partial charge >= 0.3 is 0 Å². The average molecular weight is 310 g/mol. The Balaban J connectivity index is 2.14. The van der Waals surface area contributed by atoms with Crippen molar-refractivity contribution < 1.29 is 13.3 Å². The number of benzene rings is 1. The second-order valence-electron chi connectivity index (χ2n) is 4.51. The number of nitro groups is 1. The van der Waals surface area contributed by atoms with Crippen molar-refractivity contribution in [3.05, 3.63) is 51.3 Å². The Kier molecular flexibility index (Phi) is 4.05. The van der Waals surface area contributed by atoms with Gasteiger partial charge in [0.15, 0.2) is 0 Å². The van der Waals surface area contributed by atoms with E-state index in [1.165, 1.54) is 24.3 Å². The summed E-state index contributed by atoms with van der Waals surface area (Å²) in [5.41, 5.74) is 1.44. The van der Waals surface area contributed by atoms with E-state index in [4.69, 9.17) is 0 Å². The SMILES string of the molecule is Cc1n[nH]c(C)c1S(=O)(=O)NCc1ccc([N+](=O)[O-])cc1. The summed E-state index contributed by atoms with van der Waals surface area (Å²) >= 11 is 0. The van der Waals surface area contributed by atoms with Gasteiger partial charge in [0, 0.05) is 18.7 Å². The third kappa shape index (κ3) is 3.26. The molecule has 2 rings (SSSR count). The minimum atomic E-state index is -3.68. The fraction of sp³-hybridized carbons (Fsp3) is 0.250. The zero-order valence-corrected chi connectivity index (χ0v) is 12.3. The molecule has 0 amide bonds. The molecule has 1 heterocycles. The van der Waals surface area contributed by atoms with E-state index in [9.17, 15) is 18.5 Å². The van der Waals surface area contributed by atoms with Crippen molar-refractivity contribution in [1.82, 2.24) is 14.9 Å². The van der Waals surface area contributed by atoms with Crippen LogP contribution in [-0.4, -0.2) is 23.5 Å². The minimum Gasteiger partial charge on any atom is -0.281 e. The first-order valence-corrected chi connectivity index (χ1v) is 7.54. The van der Waals surface area contributed by atoms with Crippen LogP contribution < -0.4 is 4.72 Å². The van der Waals surface area contributed by atoms with E-state index in [0.717, 1.165) is 0 Å². The summed E-state index contributed by atoms with van der Waals surface area (Å²) in [5.74, 6) is 0. The van der Waals surface area contributed by atoms with E-state index in [0.29, 0.717) is 17.0 Å². The van der Waals surface area contributed by atoms with Crippen molar-refractivity contribution in [3.63, 3.8) is 0 Å². The highest BCUT2D eigenvalue weighted by Gasteiger charge is 2.21. The van der Waals surface area contributed by atoms with Crippen molar-refractivity contribution in [1.29, 1.82) is 0 Å². The molecule has 0 atom stereocenters. The summed E-state index contributed by atoms with van der Waals surface area (Å²) in [6, 6.07) is 5.68. The molecule has 112 valence electrons. The van der Waals surface area contributed by atoms with Gasteiger partial charge in [-0.3, -0.25) is 15.2 Å². The number of H-pyrrole nitrogens is 1. The molecule has 0 unspecified atom stereocenters. The standard InChI is InChI=1S/C12H14N4O4S/c1-8-12(9(2)15-14-8)21(19,20)13-7-10-3-5-11(6-4-10)16(17)18/h3-6,13H,7H2,1-2H3,(H,14,15). The molecule has 1 aromatic carbocycles. The molecule has 9 heteroatoms. The lowest BCUT2D eigenvalue weighted by Crippen LogP contribution is -2.24. The maximum Gasteiger partial charge on any atom is 0.269 e. The van der Waals surface area contributed by atoms with Gasteiger partial charge in [0.05, 0.1) is 16.3 Å². The quantitative estimate of drug-likeness (QED) is 0.639. The molecule has 2 N–H and O–H groups in total. The van der Waals surface area contributed by atoms with Crippen LogP contribution in [0.5, 0.6) is 0 Å². The molecule has 0 saturated carbocycles. The van der Waals surface area contributed by atoms with Crippen molar-refractivity contribution in [3.8, 4) is 0 Å². The Bertz CT molecular complexity index is 746. The third-order valence-corrected chi connectivity index (χ3v) is 4.61. The Morgan fingerprint density at radius 2 is 1.90 bits per heavy atom. The lowest BCUT2D eigenvalue weighted by Gasteiger charge is -2.07. The number of nitrogens with zero attached hydrogens (tertiary/aromatic N) is 2. The first kappa shape index (κ1) is 15.1. The summed E-state index contributed by atoms with van der Waals surface area (Å²) in [5, 5.41) is 17.0. The smallest absolute Gasteiger partial charge is 0.269 e. The highest BCUT2D eigenvalue weighted by molar-refractivity contribution is 7.89. The molecule has 0 aliphatic heterocycles. The predicted octanol–water partition coefficient (Wildman–Crippen LogP) is 1.41. The van der Waals surface area contributed by atoms with Gasteiger partial charge in [0.2, 0.25) is 10.0 Å².